The van der Waals surface area contributed by atoms with Crippen molar-refractivity contribution in [1.29, 1.82) is 0 Å². The van der Waals surface area contributed by atoms with Gasteiger partial charge < -0.3 is 0 Å². The molecule has 0 saturated carbocycles. The molecule has 1 aliphatic heterocycles. The molecule has 0 spiro atoms. The summed E-state index contributed by atoms with van der Waals surface area (Å²) in [4.78, 5) is 6.46. The molecule has 0 amide bonds. The van der Waals surface area contributed by atoms with E-state index in [1.807, 2.05) is 19.1 Å². The van der Waals surface area contributed by atoms with Crippen LogP contribution >= 0.6 is 0 Å². The van der Waals surface area contributed by atoms with Crippen molar-refractivity contribution in [2.45, 2.75) is 26.3 Å². The number of halogens is 1. The highest BCUT2D eigenvalue weighted by molar-refractivity contribution is 7.90. The van der Waals surface area contributed by atoms with Crippen LogP contribution in [0.15, 0.2) is 54.7 Å². The summed E-state index contributed by atoms with van der Waals surface area (Å²) < 4.78 is 37.3. The van der Waals surface area contributed by atoms with Gasteiger partial charge in [-0.25, -0.2) is 12.8 Å². The molecular weight excluding hydrogens is 411 g/mol. The number of hydrogen-bond acceptors (Lipinski definition) is 4. The quantitative estimate of drug-likeness (QED) is 0.579. The van der Waals surface area contributed by atoms with Crippen molar-refractivity contribution >= 4 is 9.84 Å². The average molecular weight is 439 g/mol. The molecule has 31 heavy (non-hydrogen) atoms. The van der Waals surface area contributed by atoms with Gasteiger partial charge in [0.05, 0.1) is 5.75 Å². The van der Waals surface area contributed by atoms with E-state index in [2.05, 4.69) is 34.1 Å². The number of benzene rings is 2. The molecule has 0 aliphatic carbocycles. The van der Waals surface area contributed by atoms with Gasteiger partial charge in [-0.2, -0.15) is 0 Å². The first-order valence-electron chi connectivity index (χ1n) is 10.5. The minimum Gasteiger partial charge on any atom is -0.298 e. The molecule has 6 heteroatoms. The van der Waals surface area contributed by atoms with Crippen LogP contribution in [0.4, 0.5) is 4.39 Å². The van der Waals surface area contributed by atoms with Crippen LogP contribution in [-0.4, -0.2) is 43.4 Å². The Morgan fingerprint density at radius 1 is 1.13 bits per heavy atom. The summed E-state index contributed by atoms with van der Waals surface area (Å²) in [5.41, 5.74) is 7.23. The molecule has 162 valence electrons. The maximum Gasteiger partial charge on any atom is 0.149 e. The predicted molar refractivity (Wildman–Crippen MR) is 122 cm³/mol. The number of rotatable bonds is 6. The fraction of sp³-hybridized carbons (Fsp3) is 0.320. The second-order valence-electron chi connectivity index (χ2n) is 8.37. The number of pyridine rings is 1. The third kappa shape index (κ3) is 5.20. The van der Waals surface area contributed by atoms with E-state index in [0.717, 1.165) is 42.6 Å². The monoisotopic (exact) mass is 438 g/mol. The third-order valence-corrected chi connectivity index (χ3v) is 6.85. The number of hydrogen-bond donors (Lipinski definition) is 0. The highest BCUT2D eigenvalue weighted by Crippen LogP contribution is 2.28. The molecule has 0 bridgehead atoms. The van der Waals surface area contributed by atoms with E-state index in [-0.39, 0.29) is 11.6 Å². The van der Waals surface area contributed by atoms with E-state index in [4.69, 9.17) is 0 Å². The Hall–Kier alpha value is -2.57. The van der Waals surface area contributed by atoms with Gasteiger partial charge >= 0.3 is 0 Å². The first kappa shape index (κ1) is 21.7. The molecule has 2 aromatic carbocycles. The number of nitrogens with zero attached hydrogens (tertiary/aromatic N) is 2. The summed E-state index contributed by atoms with van der Waals surface area (Å²) in [5.74, 6) is -0.118. The second kappa shape index (κ2) is 8.89. The SMILES string of the molecule is Cc1ccc(Cc2cccc3c2CCN(CCS(C)(=O)=O)C3)cc1-c1ncccc1F. The Balaban J connectivity index is 1.57. The fourth-order valence-corrected chi connectivity index (χ4v) is 4.83. The highest BCUT2D eigenvalue weighted by atomic mass is 32.2. The van der Waals surface area contributed by atoms with Crippen LogP contribution in [0.1, 0.15) is 27.8 Å². The maximum absolute atomic E-state index is 14.3. The first-order valence-corrected chi connectivity index (χ1v) is 12.6. The average Bonchev–Trinajstić information content (AvgIpc) is 2.74. The number of fused-ring (bicyclic) bond motifs is 1. The molecule has 0 saturated heterocycles. The van der Waals surface area contributed by atoms with Crippen molar-refractivity contribution in [1.82, 2.24) is 9.88 Å². The van der Waals surface area contributed by atoms with E-state index in [1.165, 1.54) is 29.0 Å². The second-order valence-corrected chi connectivity index (χ2v) is 10.6. The van der Waals surface area contributed by atoms with Crippen molar-refractivity contribution < 1.29 is 12.8 Å². The van der Waals surface area contributed by atoms with Crippen LogP contribution in [0.5, 0.6) is 0 Å². The molecule has 0 fully saturated rings. The smallest absolute Gasteiger partial charge is 0.149 e. The van der Waals surface area contributed by atoms with Crippen LogP contribution in [0.2, 0.25) is 0 Å². The molecule has 0 unspecified atom stereocenters. The third-order valence-electron chi connectivity index (χ3n) is 5.93. The maximum atomic E-state index is 14.3. The van der Waals surface area contributed by atoms with Gasteiger partial charge in [0, 0.05) is 37.7 Å². The Morgan fingerprint density at radius 3 is 2.74 bits per heavy atom. The van der Waals surface area contributed by atoms with E-state index >= 15 is 0 Å². The van der Waals surface area contributed by atoms with Crippen LogP contribution < -0.4 is 0 Å². The van der Waals surface area contributed by atoms with Crippen molar-refractivity contribution in [3.63, 3.8) is 0 Å². The molecular formula is C25H27FN2O2S. The zero-order valence-corrected chi connectivity index (χ0v) is 18.8. The summed E-state index contributed by atoms with van der Waals surface area (Å²) in [6, 6.07) is 15.6. The minimum absolute atomic E-state index is 0.193. The van der Waals surface area contributed by atoms with Crippen molar-refractivity contribution in [2.75, 3.05) is 25.1 Å². The van der Waals surface area contributed by atoms with Crippen molar-refractivity contribution in [3.8, 4) is 11.3 Å². The number of sulfone groups is 1. The van der Waals surface area contributed by atoms with Gasteiger partial charge in [-0.05, 0) is 65.8 Å². The summed E-state index contributed by atoms with van der Waals surface area (Å²) >= 11 is 0. The first-order chi connectivity index (χ1) is 14.8. The Morgan fingerprint density at radius 2 is 1.97 bits per heavy atom. The predicted octanol–water partition coefficient (Wildman–Crippen LogP) is 4.19. The lowest BCUT2D eigenvalue weighted by Gasteiger charge is -2.30. The van der Waals surface area contributed by atoms with Gasteiger partial charge in [-0.1, -0.05) is 30.3 Å². The van der Waals surface area contributed by atoms with Crippen LogP contribution in [0.3, 0.4) is 0 Å². The van der Waals surface area contributed by atoms with Gasteiger partial charge in [-0.3, -0.25) is 9.88 Å². The zero-order valence-electron chi connectivity index (χ0n) is 17.9. The fourth-order valence-electron chi connectivity index (χ4n) is 4.24. The van der Waals surface area contributed by atoms with Crippen molar-refractivity contribution in [2.24, 2.45) is 0 Å². The summed E-state index contributed by atoms with van der Waals surface area (Å²) in [6.45, 7) is 4.18. The molecule has 1 aliphatic rings. The van der Waals surface area contributed by atoms with Crippen LogP contribution in [0, 0.1) is 12.7 Å². The standard InChI is InChI=1S/C25H27FN2O2S/c1-18-8-9-19(16-23(18)25-24(26)7-4-11-27-25)15-20-5-3-6-21-17-28(12-10-22(20)21)13-14-31(2,29)30/h3-9,11,16H,10,12-15,17H2,1-2H3. The number of aryl methyl sites for hydroxylation is 1. The van der Waals surface area contributed by atoms with E-state index in [9.17, 15) is 12.8 Å². The van der Waals surface area contributed by atoms with Gasteiger partial charge in [0.1, 0.15) is 21.3 Å². The lowest BCUT2D eigenvalue weighted by molar-refractivity contribution is 0.268. The lowest BCUT2D eigenvalue weighted by Crippen LogP contribution is -2.34. The Bertz CT molecular complexity index is 1210. The molecule has 4 nitrogen and oxygen atoms in total. The molecule has 0 radical (unpaired) electrons. The van der Waals surface area contributed by atoms with E-state index in [1.54, 1.807) is 12.3 Å². The lowest BCUT2D eigenvalue weighted by atomic mass is 9.90. The molecule has 0 N–H and O–H groups in total. The summed E-state index contributed by atoms with van der Waals surface area (Å²) in [5, 5.41) is 0. The molecule has 3 aromatic rings. The normalized spacial score (nSPS) is 14.4. The minimum atomic E-state index is -2.96. The molecule has 1 aromatic heterocycles. The summed E-state index contributed by atoms with van der Waals surface area (Å²) in [6.07, 6.45) is 4.58. The molecule has 0 atom stereocenters. The zero-order chi connectivity index (χ0) is 22.0. The number of aromatic nitrogens is 1. The van der Waals surface area contributed by atoms with Crippen LogP contribution in [-0.2, 0) is 29.2 Å². The highest BCUT2D eigenvalue weighted by Gasteiger charge is 2.20. The van der Waals surface area contributed by atoms with E-state index in [0.29, 0.717) is 12.2 Å². The molecule has 2 heterocycles. The topological polar surface area (TPSA) is 50.3 Å². The van der Waals surface area contributed by atoms with E-state index < -0.39 is 9.84 Å². The van der Waals surface area contributed by atoms with Crippen molar-refractivity contribution in [3.05, 3.63) is 88.4 Å². The molecule has 4 rings (SSSR count). The van der Waals surface area contributed by atoms with Gasteiger partial charge in [0.2, 0.25) is 0 Å². The van der Waals surface area contributed by atoms with Gasteiger partial charge in [-0.15, -0.1) is 0 Å². The Kier molecular flexibility index (Phi) is 6.21. The van der Waals surface area contributed by atoms with Gasteiger partial charge in [0.25, 0.3) is 0 Å². The van der Waals surface area contributed by atoms with Gasteiger partial charge in [0.15, 0.2) is 0 Å². The largest absolute Gasteiger partial charge is 0.298 e. The van der Waals surface area contributed by atoms with Crippen LogP contribution in [0.25, 0.3) is 11.3 Å². The Labute approximate surface area is 183 Å². The summed E-state index contributed by atoms with van der Waals surface area (Å²) in [7, 11) is -2.96.